The Balaban J connectivity index is 2.67. The molecule has 0 bridgehead atoms. The highest BCUT2D eigenvalue weighted by Gasteiger charge is 2.31. The van der Waals surface area contributed by atoms with E-state index in [2.05, 4.69) is 11.6 Å². The second-order valence-electron chi connectivity index (χ2n) is 4.58. The van der Waals surface area contributed by atoms with Gasteiger partial charge in [-0.05, 0) is 31.6 Å². The Kier molecular flexibility index (Phi) is 4.70. The lowest BCUT2D eigenvalue weighted by Gasteiger charge is -2.19. The van der Waals surface area contributed by atoms with Crippen molar-refractivity contribution >= 4 is 27.2 Å². The van der Waals surface area contributed by atoms with Crippen LogP contribution in [0, 0.1) is 5.92 Å². The lowest BCUT2D eigenvalue weighted by molar-refractivity contribution is 0.534. The molecule has 3 atom stereocenters. The van der Waals surface area contributed by atoms with E-state index in [1.54, 1.807) is 6.92 Å². The van der Waals surface area contributed by atoms with Crippen LogP contribution in [0.5, 0.6) is 0 Å². The Labute approximate surface area is 103 Å². The van der Waals surface area contributed by atoms with Crippen LogP contribution in [0.2, 0.25) is 0 Å². The summed E-state index contributed by atoms with van der Waals surface area (Å²) in [6.07, 6.45) is 3.32. The number of sulfonamides is 1. The van der Waals surface area contributed by atoms with Gasteiger partial charge in [0.05, 0.1) is 4.99 Å². The molecule has 0 radical (unpaired) electrons. The third-order valence-corrected chi connectivity index (χ3v) is 5.52. The SMILES string of the molecule is CCC(C(N)=S)S(=O)(=O)NC1CCC(C)C1. The second-order valence-corrected chi connectivity index (χ2v) is 6.94. The lowest BCUT2D eigenvalue weighted by atomic mass is 10.1. The van der Waals surface area contributed by atoms with Crippen LogP contribution < -0.4 is 10.5 Å². The Morgan fingerprint density at radius 2 is 2.19 bits per heavy atom. The fourth-order valence-electron chi connectivity index (χ4n) is 2.20. The Bertz CT molecular complexity index is 354. The zero-order valence-electron chi connectivity index (χ0n) is 9.77. The molecule has 3 N–H and O–H groups in total. The zero-order valence-corrected chi connectivity index (χ0v) is 11.4. The monoisotopic (exact) mass is 264 g/mol. The summed E-state index contributed by atoms with van der Waals surface area (Å²) in [5.74, 6) is 0.595. The molecule has 0 saturated heterocycles. The van der Waals surface area contributed by atoms with Crippen molar-refractivity contribution in [2.75, 3.05) is 0 Å². The molecule has 94 valence electrons. The van der Waals surface area contributed by atoms with Gasteiger partial charge in [-0.2, -0.15) is 0 Å². The van der Waals surface area contributed by atoms with Gasteiger partial charge in [-0.3, -0.25) is 0 Å². The van der Waals surface area contributed by atoms with Gasteiger partial charge < -0.3 is 5.73 Å². The quantitative estimate of drug-likeness (QED) is 0.731. The fraction of sp³-hybridized carbons (Fsp3) is 0.900. The second kappa shape index (κ2) is 5.42. The first-order chi connectivity index (χ1) is 7.36. The van der Waals surface area contributed by atoms with E-state index in [0.29, 0.717) is 12.3 Å². The van der Waals surface area contributed by atoms with E-state index in [9.17, 15) is 8.42 Å². The molecule has 1 rings (SSSR count). The average Bonchev–Trinajstić information content (AvgIpc) is 2.49. The van der Waals surface area contributed by atoms with Crippen molar-refractivity contribution in [3.05, 3.63) is 0 Å². The highest BCUT2D eigenvalue weighted by atomic mass is 32.2. The van der Waals surface area contributed by atoms with Gasteiger partial charge in [-0.25, -0.2) is 13.1 Å². The Morgan fingerprint density at radius 1 is 1.56 bits per heavy atom. The van der Waals surface area contributed by atoms with Crippen molar-refractivity contribution in [2.45, 2.75) is 50.8 Å². The molecule has 1 fully saturated rings. The van der Waals surface area contributed by atoms with Crippen molar-refractivity contribution in [3.63, 3.8) is 0 Å². The number of nitrogens with one attached hydrogen (secondary N) is 1. The van der Waals surface area contributed by atoms with Crippen molar-refractivity contribution < 1.29 is 8.42 Å². The molecule has 4 nitrogen and oxygen atoms in total. The van der Waals surface area contributed by atoms with Gasteiger partial charge in [0.2, 0.25) is 10.0 Å². The molecule has 0 aromatic carbocycles. The zero-order chi connectivity index (χ0) is 12.3. The molecular formula is C10H20N2O2S2. The van der Waals surface area contributed by atoms with Crippen molar-refractivity contribution in [1.82, 2.24) is 4.72 Å². The van der Waals surface area contributed by atoms with Gasteiger partial charge in [0.1, 0.15) is 5.25 Å². The Hall–Kier alpha value is -0.200. The maximum atomic E-state index is 12.0. The topological polar surface area (TPSA) is 72.2 Å². The van der Waals surface area contributed by atoms with Crippen LogP contribution >= 0.6 is 12.2 Å². The van der Waals surface area contributed by atoms with E-state index in [1.807, 2.05) is 0 Å². The molecule has 6 heteroatoms. The van der Waals surface area contributed by atoms with Gasteiger partial charge in [-0.15, -0.1) is 0 Å². The number of hydrogen-bond donors (Lipinski definition) is 2. The van der Waals surface area contributed by atoms with Crippen LogP contribution in [0.3, 0.4) is 0 Å². The van der Waals surface area contributed by atoms with Gasteiger partial charge in [0.15, 0.2) is 0 Å². The van der Waals surface area contributed by atoms with E-state index >= 15 is 0 Å². The summed E-state index contributed by atoms with van der Waals surface area (Å²) in [4.78, 5) is 0.0565. The van der Waals surface area contributed by atoms with Gasteiger partial charge in [-0.1, -0.05) is 26.1 Å². The maximum absolute atomic E-state index is 12.0. The van der Waals surface area contributed by atoms with Crippen LogP contribution in [0.25, 0.3) is 0 Å². The molecule has 1 aliphatic carbocycles. The van der Waals surface area contributed by atoms with Gasteiger partial charge >= 0.3 is 0 Å². The van der Waals surface area contributed by atoms with Crippen LogP contribution in [0.15, 0.2) is 0 Å². The molecule has 0 amide bonds. The van der Waals surface area contributed by atoms with Crippen LogP contribution in [-0.2, 0) is 10.0 Å². The summed E-state index contributed by atoms with van der Waals surface area (Å²) >= 11 is 4.79. The smallest absolute Gasteiger partial charge is 0.221 e. The van der Waals surface area contributed by atoms with E-state index in [4.69, 9.17) is 18.0 Å². The summed E-state index contributed by atoms with van der Waals surface area (Å²) in [6.45, 7) is 3.92. The minimum absolute atomic E-state index is 0.0565. The van der Waals surface area contributed by atoms with E-state index in [1.165, 1.54) is 0 Å². The van der Waals surface area contributed by atoms with Gasteiger partial charge in [0, 0.05) is 6.04 Å². The molecule has 16 heavy (non-hydrogen) atoms. The number of rotatable bonds is 5. The standard InChI is InChI=1S/C10H20N2O2S2/c1-3-9(10(11)15)16(13,14)12-8-5-4-7(2)6-8/h7-9,12H,3-6H2,1-2H3,(H2,11,15). The summed E-state index contributed by atoms with van der Waals surface area (Å²) in [5.41, 5.74) is 5.45. The molecule has 0 heterocycles. The summed E-state index contributed by atoms with van der Waals surface area (Å²) < 4.78 is 26.7. The van der Waals surface area contributed by atoms with E-state index < -0.39 is 15.3 Å². The van der Waals surface area contributed by atoms with Crippen molar-refractivity contribution in [1.29, 1.82) is 0 Å². The first-order valence-corrected chi connectivity index (χ1v) is 7.62. The minimum atomic E-state index is -3.39. The molecule has 3 unspecified atom stereocenters. The predicted octanol–water partition coefficient (Wildman–Crippen LogP) is 1.16. The Morgan fingerprint density at radius 3 is 2.56 bits per heavy atom. The number of hydrogen-bond acceptors (Lipinski definition) is 3. The molecule has 0 aliphatic heterocycles. The van der Waals surface area contributed by atoms with Crippen LogP contribution in [0.4, 0.5) is 0 Å². The number of nitrogens with two attached hydrogens (primary N) is 1. The minimum Gasteiger partial charge on any atom is -0.392 e. The largest absolute Gasteiger partial charge is 0.392 e. The molecule has 0 aromatic heterocycles. The molecule has 0 spiro atoms. The predicted molar refractivity (Wildman–Crippen MR) is 69.7 cm³/mol. The molecule has 1 saturated carbocycles. The molecule has 0 aromatic rings. The summed E-state index contributed by atoms with van der Waals surface area (Å²) in [7, 11) is -3.39. The van der Waals surface area contributed by atoms with E-state index in [0.717, 1.165) is 19.3 Å². The third kappa shape index (κ3) is 3.40. The highest BCUT2D eigenvalue weighted by molar-refractivity contribution is 7.93. The van der Waals surface area contributed by atoms with Crippen LogP contribution in [0.1, 0.15) is 39.5 Å². The molecule has 1 aliphatic rings. The third-order valence-electron chi connectivity index (χ3n) is 3.09. The number of thiocarbonyl (C=S) groups is 1. The van der Waals surface area contributed by atoms with Crippen molar-refractivity contribution in [2.24, 2.45) is 11.7 Å². The lowest BCUT2D eigenvalue weighted by Crippen LogP contribution is -2.45. The summed E-state index contributed by atoms with van der Waals surface area (Å²) in [6, 6.07) is 0.0587. The van der Waals surface area contributed by atoms with E-state index in [-0.39, 0.29) is 11.0 Å². The average molecular weight is 264 g/mol. The molecular weight excluding hydrogens is 244 g/mol. The first kappa shape index (κ1) is 13.9. The van der Waals surface area contributed by atoms with Gasteiger partial charge in [0.25, 0.3) is 0 Å². The maximum Gasteiger partial charge on any atom is 0.221 e. The highest BCUT2D eigenvalue weighted by Crippen LogP contribution is 2.25. The normalized spacial score (nSPS) is 27.9. The summed E-state index contributed by atoms with van der Waals surface area (Å²) in [5, 5.41) is -0.738. The first-order valence-electron chi connectivity index (χ1n) is 5.67. The van der Waals surface area contributed by atoms with Crippen molar-refractivity contribution in [3.8, 4) is 0 Å². The fourth-order valence-corrected chi connectivity index (χ4v) is 4.34. The van der Waals surface area contributed by atoms with Crippen LogP contribution in [-0.4, -0.2) is 24.7 Å².